The SMILES string of the molecule is O=C(NCCS(=O)(=O)N1CCN(C(=O)c2ccco2)CC1)c1ccccc1F. The Labute approximate surface area is 162 Å². The molecule has 28 heavy (non-hydrogen) atoms. The van der Waals surface area contributed by atoms with Crippen molar-refractivity contribution in [1.29, 1.82) is 0 Å². The monoisotopic (exact) mass is 409 g/mol. The molecule has 1 aliphatic rings. The second kappa shape index (κ2) is 8.53. The summed E-state index contributed by atoms with van der Waals surface area (Å²) in [6.45, 7) is 0.688. The normalized spacial score (nSPS) is 15.4. The molecule has 0 unspecified atom stereocenters. The van der Waals surface area contributed by atoms with Crippen molar-refractivity contribution in [1.82, 2.24) is 14.5 Å². The summed E-state index contributed by atoms with van der Waals surface area (Å²) in [5.41, 5.74) is -0.134. The maximum Gasteiger partial charge on any atom is 0.289 e. The van der Waals surface area contributed by atoms with Gasteiger partial charge in [0.2, 0.25) is 10.0 Å². The lowest BCUT2D eigenvalue weighted by Gasteiger charge is -2.33. The summed E-state index contributed by atoms with van der Waals surface area (Å²) < 4.78 is 44.8. The molecule has 2 amide bonds. The van der Waals surface area contributed by atoms with Crippen LogP contribution in [0.5, 0.6) is 0 Å². The second-order valence-corrected chi connectivity index (χ2v) is 8.31. The van der Waals surface area contributed by atoms with Gasteiger partial charge in [0.1, 0.15) is 5.82 Å². The van der Waals surface area contributed by atoms with Gasteiger partial charge in [-0.1, -0.05) is 12.1 Å². The van der Waals surface area contributed by atoms with Crippen molar-refractivity contribution in [2.24, 2.45) is 0 Å². The number of benzene rings is 1. The van der Waals surface area contributed by atoms with Crippen LogP contribution in [-0.2, 0) is 10.0 Å². The van der Waals surface area contributed by atoms with Crippen molar-refractivity contribution in [2.75, 3.05) is 38.5 Å². The smallest absolute Gasteiger partial charge is 0.289 e. The molecule has 1 N–H and O–H groups in total. The van der Waals surface area contributed by atoms with E-state index in [0.29, 0.717) is 0 Å². The van der Waals surface area contributed by atoms with Gasteiger partial charge in [-0.25, -0.2) is 12.8 Å². The van der Waals surface area contributed by atoms with E-state index in [1.165, 1.54) is 33.7 Å². The minimum Gasteiger partial charge on any atom is -0.459 e. The molecular formula is C18H20FN3O5S. The molecule has 150 valence electrons. The number of nitrogens with one attached hydrogen (secondary N) is 1. The number of hydrogen-bond donors (Lipinski definition) is 1. The third-order valence-corrected chi connectivity index (χ3v) is 6.29. The zero-order valence-electron chi connectivity index (χ0n) is 15.0. The van der Waals surface area contributed by atoms with E-state index < -0.39 is 21.7 Å². The summed E-state index contributed by atoms with van der Waals surface area (Å²) in [4.78, 5) is 25.7. The zero-order chi connectivity index (χ0) is 20.1. The Morgan fingerprint density at radius 1 is 1.07 bits per heavy atom. The van der Waals surface area contributed by atoms with Crippen molar-refractivity contribution in [3.8, 4) is 0 Å². The van der Waals surface area contributed by atoms with Crippen molar-refractivity contribution >= 4 is 21.8 Å². The van der Waals surface area contributed by atoms with Crippen molar-refractivity contribution in [3.63, 3.8) is 0 Å². The van der Waals surface area contributed by atoms with Gasteiger partial charge in [-0.05, 0) is 24.3 Å². The molecule has 10 heteroatoms. The standard InChI is InChI=1S/C18H20FN3O5S/c19-15-5-2-1-4-14(15)17(23)20-7-13-28(25,26)22-10-8-21(9-11-22)18(24)16-6-3-12-27-16/h1-6,12H,7-11,13H2,(H,20,23). The predicted octanol–water partition coefficient (Wildman–Crippen LogP) is 0.936. The van der Waals surface area contributed by atoms with E-state index in [1.807, 2.05) is 0 Å². The van der Waals surface area contributed by atoms with Gasteiger partial charge in [0, 0.05) is 32.7 Å². The lowest BCUT2D eigenvalue weighted by molar-refractivity contribution is 0.0665. The molecule has 2 aromatic rings. The summed E-state index contributed by atoms with van der Waals surface area (Å²) in [7, 11) is -3.61. The van der Waals surface area contributed by atoms with Crippen LogP contribution in [0.15, 0.2) is 47.1 Å². The number of carbonyl (C=O) groups excluding carboxylic acids is 2. The first-order chi connectivity index (χ1) is 13.4. The molecule has 2 heterocycles. The minimum absolute atomic E-state index is 0.134. The third kappa shape index (κ3) is 4.57. The van der Waals surface area contributed by atoms with Crippen LogP contribution in [0, 0.1) is 5.82 Å². The summed E-state index contributed by atoms with van der Waals surface area (Å²) in [6, 6.07) is 8.65. The number of piperazine rings is 1. The molecule has 3 rings (SSSR count). The van der Waals surface area contributed by atoms with E-state index in [0.717, 1.165) is 6.07 Å². The van der Waals surface area contributed by atoms with Gasteiger partial charge in [0.25, 0.3) is 11.8 Å². The third-order valence-electron chi connectivity index (χ3n) is 4.42. The molecule has 0 saturated carbocycles. The Morgan fingerprint density at radius 2 is 1.79 bits per heavy atom. The van der Waals surface area contributed by atoms with Crippen LogP contribution < -0.4 is 5.32 Å². The highest BCUT2D eigenvalue weighted by molar-refractivity contribution is 7.89. The maximum atomic E-state index is 13.6. The van der Waals surface area contributed by atoms with E-state index in [4.69, 9.17) is 4.42 Å². The van der Waals surface area contributed by atoms with Gasteiger partial charge in [0.15, 0.2) is 5.76 Å². The van der Waals surface area contributed by atoms with Crippen molar-refractivity contribution < 1.29 is 26.8 Å². The van der Waals surface area contributed by atoms with Crippen LogP contribution in [0.1, 0.15) is 20.9 Å². The van der Waals surface area contributed by atoms with E-state index in [-0.39, 0.29) is 55.7 Å². The predicted molar refractivity (Wildman–Crippen MR) is 98.7 cm³/mol. The molecule has 1 fully saturated rings. The number of furan rings is 1. The Morgan fingerprint density at radius 3 is 2.43 bits per heavy atom. The van der Waals surface area contributed by atoms with Gasteiger partial charge >= 0.3 is 0 Å². The minimum atomic E-state index is -3.61. The highest BCUT2D eigenvalue weighted by Gasteiger charge is 2.29. The van der Waals surface area contributed by atoms with Crippen molar-refractivity contribution in [2.45, 2.75) is 0 Å². The first kappa shape index (κ1) is 20.0. The molecule has 0 bridgehead atoms. The fourth-order valence-electron chi connectivity index (χ4n) is 2.89. The first-order valence-electron chi connectivity index (χ1n) is 8.72. The average Bonchev–Trinajstić information content (AvgIpc) is 3.22. The number of rotatable bonds is 6. The average molecular weight is 409 g/mol. The fraction of sp³-hybridized carbons (Fsp3) is 0.333. The van der Waals surface area contributed by atoms with Gasteiger partial charge in [-0.15, -0.1) is 0 Å². The topological polar surface area (TPSA) is 99.9 Å². The Kier molecular flexibility index (Phi) is 6.10. The number of sulfonamides is 1. The molecule has 1 aliphatic heterocycles. The van der Waals surface area contributed by atoms with Crippen LogP contribution in [0.25, 0.3) is 0 Å². The van der Waals surface area contributed by atoms with Crippen LogP contribution in [-0.4, -0.2) is 67.9 Å². The number of nitrogens with zero attached hydrogens (tertiary/aromatic N) is 2. The maximum absolute atomic E-state index is 13.6. The summed E-state index contributed by atoms with van der Waals surface area (Å²) in [5.74, 6) is -1.70. The molecule has 0 atom stereocenters. The van der Waals surface area contributed by atoms with Crippen LogP contribution in [0.2, 0.25) is 0 Å². The molecular weight excluding hydrogens is 389 g/mol. The zero-order valence-corrected chi connectivity index (χ0v) is 15.8. The summed E-state index contributed by atoms with van der Waals surface area (Å²) in [5, 5.41) is 2.42. The fourth-order valence-corrected chi connectivity index (χ4v) is 4.23. The second-order valence-electron chi connectivity index (χ2n) is 6.22. The lowest BCUT2D eigenvalue weighted by Crippen LogP contribution is -2.51. The van der Waals surface area contributed by atoms with Crippen LogP contribution in [0.3, 0.4) is 0 Å². The van der Waals surface area contributed by atoms with E-state index in [2.05, 4.69) is 5.32 Å². The van der Waals surface area contributed by atoms with Crippen LogP contribution >= 0.6 is 0 Å². The Balaban J connectivity index is 1.48. The number of amides is 2. The number of hydrogen-bond acceptors (Lipinski definition) is 5. The summed E-state index contributed by atoms with van der Waals surface area (Å²) >= 11 is 0. The van der Waals surface area contributed by atoms with E-state index in [9.17, 15) is 22.4 Å². The van der Waals surface area contributed by atoms with Gasteiger partial charge in [0.05, 0.1) is 17.6 Å². The largest absolute Gasteiger partial charge is 0.459 e. The molecule has 1 aromatic carbocycles. The van der Waals surface area contributed by atoms with Gasteiger partial charge in [-0.2, -0.15) is 4.31 Å². The molecule has 0 radical (unpaired) electrons. The van der Waals surface area contributed by atoms with Crippen molar-refractivity contribution in [3.05, 3.63) is 59.8 Å². The number of halogens is 1. The number of carbonyl (C=O) groups is 2. The first-order valence-corrected chi connectivity index (χ1v) is 10.3. The van der Waals surface area contributed by atoms with Gasteiger partial charge in [-0.3, -0.25) is 9.59 Å². The quantitative estimate of drug-likeness (QED) is 0.765. The molecule has 0 aliphatic carbocycles. The molecule has 1 aromatic heterocycles. The molecule has 1 saturated heterocycles. The van der Waals surface area contributed by atoms with Crippen LogP contribution in [0.4, 0.5) is 4.39 Å². The molecule has 8 nitrogen and oxygen atoms in total. The molecule has 0 spiro atoms. The lowest BCUT2D eigenvalue weighted by atomic mass is 10.2. The van der Waals surface area contributed by atoms with E-state index in [1.54, 1.807) is 12.1 Å². The highest BCUT2D eigenvalue weighted by Crippen LogP contribution is 2.12. The Bertz CT molecular complexity index is 938. The summed E-state index contributed by atoms with van der Waals surface area (Å²) in [6.07, 6.45) is 1.41. The Hall–Kier alpha value is -2.72. The van der Waals surface area contributed by atoms with E-state index >= 15 is 0 Å². The van der Waals surface area contributed by atoms with Gasteiger partial charge < -0.3 is 14.6 Å². The highest BCUT2D eigenvalue weighted by atomic mass is 32.2.